The Morgan fingerprint density at radius 3 is 2.48 bits per heavy atom. The number of carbonyl (C=O) groups is 1. The maximum Gasteiger partial charge on any atom is 0.416 e. The lowest BCUT2D eigenvalue weighted by Gasteiger charge is -2.38. The Hall–Kier alpha value is -2.70. The third-order valence-electron chi connectivity index (χ3n) is 4.74. The summed E-state index contributed by atoms with van der Waals surface area (Å²) >= 11 is 0. The van der Waals surface area contributed by atoms with Gasteiger partial charge in [0.1, 0.15) is 17.1 Å². The molecule has 1 aliphatic heterocycles. The molecule has 7 heteroatoms. The van der Waals surface area contributed by atoms with Crippen LogP contribution in [0.3, 0.4) is 0 Å². The molecule has 1 aliphatic rings. The fraction of sp³-hybridized carbons (Fsp3) is 0.409. The maximum absolute atomic E-state index is 12.9. The maximum atomic E-state index is 12.9. The summed E-state index contributed by atoms with van der Waals surface area (Å²) in [6, 6.07) is 10.5. The zero-order valence-corrected chi connectivity index (χ0v) is 16.5. The van der Waals surface area contributed by atoms with Crippen LogP contribution in [-0.2, 0) is 15.7 Å². The van der Waals surface area contributed by atoms with Gasteiger partial charge in [0.25, 0.3) is 0 Å². The van der Waals surface area contributed by atoms with Crippen molar-refractivity contribution >= 4 is 5.97 Å². The number of carbonyl (C=O) groups excluding carboxylic acids is 1. The Morgan fingerprint density at radius 1 is 1.17 bits per heavy atom. The van der Waals surface area contributed by atoms with Gasteiger partial charge in [0.15, 0.2) is 6.61 Å². The summed E-state index contributed by atoms with van der Waals surface area (Å²) in [5.74, 6) is 0.470. The van der Waals surface area contributed by atoms with Crippen LogP contribution in [0.25, 0.3) is 0 Å². The molecule has 1 heterocycles. The average molecular weight is 408 g/mol. The van der Waals surface area contributed by atoms with Gasteiger partial charge in [-0.2, -0.15) is 13.2 Å². The van der Waals surface area contributed by atoms with Crippen molar-refractivity contribution in [2.45, 2.75) is 44.9 Å². The first kappa shape index (κ1) is 21.0. The summed E-state index contributed by atoms with van der Waals surface area (Å²) in [5.41, 5.74) is 0.471. The molecule has 1 unspecified atom stereocenters. The van der Waals surface area contributed by atoms with Gasteiger partial charge in [0.2, 0.25) is 0 Å². The highest BCUT2D eigenvalue weighted by molar-refractivity contribution is 5.71. The quantitative estimate of drug-likeness (QED) is 0.627. The van der Waals surface area contributed by atoms with Crippen molar-refractivity contribution in [3.8, 4) is 11.5 Å². The molecule has 0 saturated carbocycles. The molecule has 29 heavy (non-hydrogen) atoms. The number of ether oxygens (including phenoxy) is 3. The van der Waals surface area contributed by atoms with Gasteiger partial charge < -0.3 is 14.2 Å². The number of alkyl halides is 3. The second-order valence-corrected chi connectivity index (χ2v) is 7.53. The molecule has 0 bridgehead atoms. The standard InChI is InChI=1S/C22H23F3O4/c1-4-27-20(26)13-28-16-9-10-17-18(12-21(2,3)29-19(17)11-16)14-5-7-15(8-6-14)22(23,24)25/h5-11,18H,4,12-13H2,1-3H3. The number of hydrogen-bond donors (Lipinski definition) is 0. The van der Waals surface area contributed by atoms with Crippen LogP contribution in [0.4, 0.5) is 13.2 Å². The zero-order chi connectivity index (χ0) is 21.2. The Labute approximate surface area is 167 Å². The zero-order valence-electron chi connectivity index (χ0n) is 16.5. The minimum atomic E-state index is -4.36. The van der Waals surface area contributed by atoms with Gasteiger partial charge in [0.05, 0.1) is 12.2 Å². The molecule has 2 aromatic carbocycles. The predicted octanol–water partition coefficient (Wildman–Crippen LogP) is 5.34. The molecule has 0 aromatic heterocycles. The van der Waals surface area contributed by atoms with Gasteiger partial charge in [-0.1, -0.05) is 18.2 Å². The first-order valence-corrected chi connectivity index (χ1v) is 9.37. The van der Waals surface area contributed by atoms with Crippen molar-refractivity contribution in [2.75, 3.05) is 13.2 Å². The predicted molar refractivity (Wildman–Crippen MR) is 101 cm³/mol. The fourth-order valence-corrected chi connectivity index (χ4v) is 3.47. The Kier molecular flexibility index (Phi) is 5.78. The lowest BCUT2D eigenvalue weighted by Crippen LogP contribution is -2.35. The minimum absolute atomic E-state index is 0.116. The van der Waals surface area contributed by atoms with E-state index in [1.54, 1.807) is 19.1 Å². The van der Waals surface area contributed by atoms with Gasteiger partial charge in [-0.15, -0.1) is 0 Å². The van der Waals surface area contributed by atoms with Crippen molar-refractivity contribution < 1.29 is 32.2 Å². The highest BCUT2D eigenvalue weighted by Crippen LogP contribution is 2.45. The minimum Gasteiger partial charge on any atom is -0.487 e. The van der Waals surface area contributed by atoms with Crippen LogP contribution in [0.15, 0.2) is 42.5 Å². The third kappa shape index (κ3) is 5.02. The lowest BCUT2D eigenvalue weighted by molar-refractivity contribution is -0.145. The van der Waals surface area contributed by atoms with Crippen LogP contribution < -0.4 is 9.47 Å². The van der Waals surface area contributed by atoms with Gasteiger partial charge in [0, 0.05) is 17.5 Å². The smallest absolute Gasteiger partial charge is 0.416 e. The molecule has 0 radical (unpaired) electrons. The van der Waals surface area contributed by atoms with Crippen molar-refractivity contribution in [2.24, 2.45) is 0 Å². The van der Waals surface area contributed by atoms with E-state index in [2.05, 4.69) is 0 Å². The number of halogens is 3. The van der Waals surface area contributed by atoms with Crippen LogP contribution in [0, 0.1) is 0 Å². The van der Waals surface area contributed by atoms with E-state index in [9.17, 15) is 18.0 Å². The third-order valence-corrected chi connectivity index (χ3v) is 4.74. The topological polar surface area (TPSA) is 44.8 Å². The summed E-state index contributed by atoms with van der Waals surface area (Å²) in [5, 5.41) is 0. The SMILES string of the molecule is CCOC(=O)COc1ccc2c(c1)OC(C)(C)CC2c1ccc(C(F)(F)F)cc1. The molecule has 3 rings (SSSR count). The van der Waals surface area contributed by atoms with E-state index in [4.69, 9.17) is 14.2 Å². The van der Waals surface area contributed by atoms with Crippen LogP contribution in [0.1, 0.15) is 49.8 Å². The molecular formula is C22H23F3O4. The Morgan fingerprint density at radius 2 is 1.86 bits per heavy atom. The van der Waals surface area contributed by atoms with Gasteiger partial charge in [-0.05, 0) is 51.0 Å². The van der Waals surface area contributed by atoms with Crippen molar-refractivity contribution in [1.29, 1.82) is 0 Å². The van der Waals surface area contributed by atoms with Crippen molar-refractivity contribution in [1.82, 2.24) is 0 Å². The normalized spacial score (nSPS) is 17.8. The van der Waals surface area contributed by atoms with Crippen LogP contribution >= 0.6 is 0 Å². The monoisotopic (exact) mass is 408 g/mol. The number of hydrogen-bond acceptors (Lipinski definition) is 4. The Bertz CT molecular complexity index is 873. The summed E-state index contributed by atoms with van der Waals surface area (Å²) in [7, 11) is 0. The van der Waals surface area contributed by atoms with Gasteiger partial charge >= 0.3 is 12.1 Å². The largest absolute Gasteiger partial charge is 0.487 e. The number of rotatable bonds is 5. The molecular weight excluding hydrogens is 385 g/mol. The molecule has 4 nitrogen and oxygen atoms in total. The first-order valence-electron chi connectivity index (χ1n) is 9.37. The van der Waals surface area contributed by atoms with Crippen LogP contribution in [0.5, 0.6) is 11.5 Å². The Balaban J connectivity index is 1.87. The molecule has 0 saturated heterocycles. The first-order chi connectivity index (χ1) is 13.6. The van der Waals surface area contributed by atoms with Gasteiger partial charge in [-0.3, -0.25) is 0 Å². The van der Waals surface area contributed by atoms with Gasteiger partial charge in [-0.25, -0.2) is 4.79 Å². The van der Waals surface area contributed by atoms with Crippen LogP contribution in [0.2, 0.25) is 0 Å². The van der Waals surface area contributed by atoms with Crippen molar-refractivity contribution in [3.63, 3.8) is 0 Å². The number of benzene rings is 2. The fourth-order valence-electron chi connectivity index (χ4n) is 3.47. The highest BCUT2D eigenvalue weighted by atomic mass is 19.4. The molecule has 1 atom stereocenters. The summed E-state index contributed by atoms with van der Waals surface area (Å²) in [6.45, 7) is 5.64. The average Bonchev–Trinajstić information content (AvgIpc) is 2.64. The molecule has 2 aromatic rings. The van der Waals surface area contributed by atoms with Crippen molar-refractivity contribution in [3.05, 3.63) is 59.2 Å². The molecule has 156 valence electrons. The molecule has 0 amide bonds. The van der Waals surface area contributed by atoms with E-state index in [0.717, 1.165) is 23.3 Å². The summed E-state index contributed by atoms with van der Waals surface area (Å²) in [6.07, 6.45) is -3.75. The number of fused-ring (bicyclic) bond motifs is 1. The lowest BCUT2D eigenvalue weighted by atomic mass is 9.80. The van der Waals surface area contributed by atoms with E-state index in [-0.39, 0.29) is 19.1 Å². The van der Waals surface area contributed by atoms with Crippen LogP contribution in [-0.4, -0.2) is 24.8 Å². The van der Waals surface area contributed by atoms with E-state index >= 15 is 0 Å². The second-order valence-electron chi connectivity index (χ2n) is 7.53. The molecule has 0 N–H and O–H groups in total. The van der Waals surface area contributed by atoms with E-state index in [0.29, 0.717) is 17.9 Å². The van der Waals surface area contributed by atoms with E-state index in [1.165, 1.54) is 12.1 Å². The molecule has 0 fully saturated rings. The highest BCUT2D eigenvalue weighted by Gasteiger charge is 2.36. The van der Waals surface area contributed by atoms with E-state index in [1.807, 2.05) is 19.9 Å². The molecule has 0 aliphatic carbocycles. The second kappa shape index (κ2) is 7.97. The molecule has 0 spiro atoms. The summed E-state index contributed by atoms with van der Waals surface area (Å²) < 4.78 is 55.0. The summed E-state index contributed by atoms with van der Waals surface area (Å²) in [4.78, 5) is 11.5. The van der Waals surface area contributed by atoms with E-state index < -0.39 is 23.3 Å². The number of esters is 1.